The molecule has 0 saturated heterocycles. The van der Waals surface area contributed by atoms with Crippen molar-refractivity contribution in [2.24, 2.45) is 0 Å². The standard InChI is InChI=1S/C20H31N3O3S/c1-13-17(14(2)22-20(21-13)27-4)11-12-18(24)26-15(3)19(25)23-16-9-7-5-6-8-10-16/h15-16H,5-12H2,1-4H3,(H,23,25)/t15-/m1/s1. The van der Waals surface area contributed by atoms with Crippen molar-refractivity contribution in [3.8, 4) is 0 Å². The number of hydrogen-bond acceptors (Lipinski definition) is 6. The molecule has 1 aliphatic rings. The van der Waals surface area contributed by atoms with Crippen LogP contribution in [0.2, 0.25) is 0 Å². The van der Waals surface area contributed by atoms with E-state index in [0.29, 0.717) is 6.42 Å². The molecule has 150 valence electrons. The molecule has 2 rings (SSSR count). The van der Waals surface area contributed by atoms with Crippen LogP contribution in [0.25, 0.3) is 0 Å². The molecule has 1 aromatic rings. The number of aromatic nitrogens is 2. The first-order valence-electron chi connectivity index (χ1n) is 9.78. The molecule has 1 heterocycles. The van der Waals surface area contributed by atoms with Crippen LogP contribution in [-0.4, -0.2) is 40.2 Å². The van der Waals surface area contributed by atoms with Crippen LogP contribution in [0, 0.1) is 13.8 Å². The van der Waals surface area contributed by atoms with Crippen molar-refractivity contribution in [1.29, 1.82) is 0 Å². The van der Waals surface area contributed by atoms with E-state index in [9.17, 15) is 9.59 Å². The zero-order valence-electron chi connectivity index (χ0n) is 16.8. The predicted molar refractivity (Wildman–Crippen MR) is 107 cm³/mol. The molecule has 0 bridgehead atoms. The van der Waals surface area contributed by atoms with Crippen molar-refractivity contribution in [3.63, 3.8) is 0 Å². The summed E-state index contributed by atoms with van der Waals surface area (Å²) in [5.41, 5.74) is 2.75. The molecule has 0 spiro atoms. The Balaban J connectivity index is 1.81. The highest BCUT2D eigenvalue weighted by atomic mass is 32.2. The smallest absolute Gasteiger partial charge is 0.306 e. The number of amides is 1. The van der Waals surface area contributed by atoms with Crippen molar-refractivity contribution >= 4 is 23.6 Å². The molecule has 1 atom stereocenters. The van der Waals surface area contributed by atoms with Crippen molar-refractivity contribution in [2.45, 2.75) is 89.4 Å². The third kappa shape index (κ3) is 6.79. The summed E-state index contributed by atoms with van der Waals surface area (Å²) in [7, 11) is 0. The fraction of sp³-hybridized carbons (Fsp3) is 0.700. The Labute approximate surface area is 166 Å². The molecule has 0 aromatic carbocycles. The maximum Gasteiger partial charge on any atom is 0.306 e. The number of rotatable bonds is 7. The average molecular weight is 394 g/mol. The molecule has 1 amide bonds. The Morgan fingerprint density at radius 3 is 2.30 bits per heavy atom. The molecule has 7 heteroatoms. The van der Waals surface area contributed by atoms with E-state index in [1.807, 2.05) is 20.1 Å². The fourth-order valence-corrected chi connectivity index (χ4v) is 3.90. The Kier molecular flexibility index (Phi) is 8.54. The summed E-state index contributed by atoms with van der Waals surface area (Å²) in [6.45, 7) is 5.49. The second-order valence-electron chi connectivity index (χ2n) is 7.19. The SMILES string of the molecule is CSc1nc(C)c(CCC(=O)O[C@H](C)C(=O)NC2CCCCCC2)c(C)n1. The van der Waals surface area contributed by atoms with Crippen LogP contribution in [0.5, 0.6) is 0 Å². The zero-order chi connectivity index (χ0) is 19.8. The minimum Gasteiger partial charge on any atom is -0.453 e. The Bertz CT molecular complexity index is 635. The van der Waals surface area contributed by atoms with Gasteiger partial charge >= 0.3 is 5.97 Å². The lowest BCUT2D eigenvalue weighted by Crippen LogP contribution is -2.41. The first-order valence-corrected chi connectivity index (χ1v) is 11.0. The number of carbonyl (C=O) groups is 2. The van der Waals surface area contributed by atoms with Crippen molar-refractivity contribution in [3.05, 3.63) is 17.0 Å². The average Bonchev–Trinajstić information content (AvgIpc) is 2.89. The number of aryl methyl sites for hydroxylation is 2. The normalized spacial score (nSPS) is 16.4. The van der Waals surface area contributed by atoms with E-state index in [0.717, 1.165) is 47.8 Å². The lowest BCUT2D eigenvalue weighted by molar-refractivity contribution is -0.155. The van der Waals surface area contributed by atoms with Gasteiger partial charge in [0.25, 0.3) is 5.91 Å². The van der Waals surface area contributed by atoms with E-state index in [2.05, 4.69) is 15.3 Å². The minimum absolute atomic E-state index is 0.199. The maximum absolute atomic E-state index is 12.3. The molecular formula is C20H31N3O3S. The van der Waals surface area contributed by atoms with Crippen molar-refractivity contribution in [1.82, 2.24) is 15.3 Å². The van der Waals surface area contributed by atoms with Crippen LogP contribution >= 0.6 is 11.8 Å². The summed E-state index contributed by atoms with van der Waals surface area (Å²) in [4.78, 5) is 33.3. The minimum atomic E-state index is -0.766. The van der Waals surface area contributed by atoms with Gasteiger partial charge in [0, 0.05) is 23.9 Å². The molecule has 1 aromatic heterocycles. The summed E-state index contributed by atoms with van der Waals surface area (Å²) < 4.78 is 5.34. The van der Waals surface area contributed by atoms with E-state index in [-0.39, 0.29) is 24.3 Å². The van der Waals surface area contributed by atoms with E-state index >= 15 is 0 Å². The number of thioether (sulfide) groups is 1. The number of esters is 1. The molecule has 27 heavy (non-hydrogen) atoms. The summed E-state index contributed by atoms with van der Waals surface area (Å²) in [5, 5.41) is 3.77. The van der Waals surface area contributed by atoms with E-state index in [1.54, 1.807) is 6.92 Å². The van der Waals surface area contributed by atoms with Gasteiger partial charge in [0.2, 0.25) is 0 Å². The Morgan fingerprint density at radius 2 is 1.74 bits per heavy atom. The van der Waals surface area contributed by atoms with Gasteiger partial charge in [-0.05, 0) is 51.9 Å². The van der Waals surface area contributed by atoms with Crippen LogP contribution in [0.1, 0.15) is 68.8 Å². The summed E-state index contributed by atoms with van der Waals surface area (Å²) in [6.07, 6.45) is 8.69. The van der Waals surface area contributed by atoms with Crippen LogP contribution in [0.4, 0.5) is 0 Å². The highest BCUT2D eigenvalue weighted by molar-refractivity contribution is 7.98. The fourth-order valence-electron chi connectivity index (χ4n) is 3.44. The molecule has 1 saturated carbocycles. The Morgan fingerprint density at radius 1 is 1.15 bits per heavy atom. The number of hydrogen-bond donors (Lipinski definition) is 1. The lowest BCUT2D eigenvalue weighted by Gasteiger charge is -2.19. The third-order valence-electron chi connectivity index (χ3n) is 5.04. The molecule has 0 unspecified atom stereocenters. The molecule has 1 fully saturated rings. The van der Waals surface area contributed by atoms with Gasteiger partial charge in [-0.25, -0.2) is 9.97 Å². The Hall–Kier alpha value is -1.63. The van der Waals surface area contributed by atoms with Crippen molar-refractivity contribution in [2.75, 3.05) is 6.26 Å². The molecular weight excluding hydrogens is 362 g/mol. The van der Waals surface area contributed by atoms with Gasteiger partial charge in [-0.15, -0.1) is 0 Å². The first kappa shape index (κ1) is 21.7. The summed E-state index contributed by atoms with van der Waals surface area (Å²) in [5.74, 6) is -0.568. The van der Waals surface area contributed by atoms with Crippen molar-refractivity contribution < 1.29 is 14.3 Å². The molecule has 1 aliphatic carbocycles. The quantitative estimate of drug-likeness (QED) is 0.330. The zero-order valence-corrected chi connectivity index (χ0v) is 17.7. The monoisotopic (exact) mass is 393 g/mol. The molecule has 0 aliphatic heterocycles. The molecule has 0 radical (unpaired) electrons. The number of ether oxygens (including phenoxy) is 1. The van der Waals surface area contributed by atoms with Crippen LogP contribution < -0.4 is 5.32 Å². The van der Waals surface area contributed by atoms with Gasteiger partial charge in [0.1, 0.15) is 0 Å². The van der Waals surface area contributed by atoms with Gasteiger partial charge in [-0.3, -0.25) is 9.59 Å². The van der Waals surface area contributed by atoms with Gasteiger partial charge in [-0.1, -0.05) is 37.4 Å². The van der Waals surface area contributed by atoms with E-state index < -0.39 is 6.10 Å². The van der Waals surface area contributed by atoms with Gasteiger partial charge in [0.15, 0.2) is 11.3 Å². The van der Waals surface area contributed by atoms with Gasteiger partial charge in [-0.2, -0.15) is 0 Å². The highest BCUT2D eigenvalue weighted by Crippen LogP contribution is 2.18. The highest BCUT2D eigenvalue weighted by Gasteiger charge is 2.22. The third-order valence-corrected chi connectivity index (χ3v) is 5.59. The number of nitrogens with zero attached hydrogens (tertiary/aromatic N) is 2. The van der Waals surface area contributed by atoms with Crippen LogP contribution in [0.15, 0.2) is 5.16 Å². The van der Waals surface area contributed by atoms with E-state index in [1.165, 1.54) is 24.6 Å². The maximum atomic E-state index is 12.3. The molecule has 6 nitrogen and oxygen atoms in total. The number of carbonyl (C=O) groups excluding carboxylic acids is 2. The first-order chi connectivity index (χ1) is 12.9. The topological polar surface area (TPSA) is 81.2 Å². The van der Waals surface area contributed by atoms with E-state index in [4.69, 9.17) is 4.74 Å². The summed E-state index contributed by atoms with van der Waals surface area (Å²) >= 11 is 1.50. The second kappa shape index (κ2) is 10.6. The second-order valence-corrected chi connectivity index (χ2v) is 7.96. The number of nitrogens with one attached hydrogen (secondary N) is 1. The lowest BCUT2D eigenvalue weighted by atomic mass is 10.1. The summed E-state index contributed by atoms with van der Waals surface area (Å²) in [6, 6.07) is 0.207. The van der Waals surface area contributed by atoms with Gasteiger partial charge < -0.3 is 10.1 Å². The predicted octanol–water partition coefficient (Wildman–Crippen LogP) is 3.52. The van der Waals surface area contributed by atoms with Crippen LogP contribution in [0.3, 0.4) is 0 Å². The van der Waals surface area contributed by atoms with Crippen LogP contribution in [-0.2, 0) is 20.7 Å². The molecule has 1 N–H and O–H groups in total. The largest absolute Gasteiger partial charge is 0.453 e. The van der Waals surface area contributed by atoms with Gasteiger partial charge in [0.05, 0.1) is 0 Å².